The Kier molecular flexibility index (Phi) is 4.42. The van der Waals surface area contributed by atoms with E-state index >= 15 is 0 Å². The molecule has 0 spiro atoms. The van der Waals surface area contributed by atoms with E-state index in [9.17, 15) is 4.79 Å². The zero-order chi connectivity index (χ0) is 15.4. The van der Waals surface area contributed by atoms with Gasteiger partial charge >= 0.3 is 0 Å². The molecule has 0 saturated heterocycles. The number of nitrogens with zero attached hydrogens (tertiary/aromatic N) is 2. The van der Waals surface area contributed by atoms with E-state index in [-0.39, 0.29) is 5.91 Å². The van der Waals surface area contributed by atoms with Gasteiger partial charge in [0, 0.05) is 18.7 Å². The van der Waals surface area contributed by atoms with Gasteiger partial charge < -0.3 is 10.6 Å². The first kappa shape index (κ1) is 14.6. The lowest BCUT2D eigenvalue weighted by atomic mass is 10.1. The molecule has 5 heteroatoms. The van der Waals surface area contributed by atoms with E-state index in [0.717, 1.165) is 37.4 Å². The number of amides is 1. The number of unbranched alkanes of at least 4 members (excludes halogenated alkanes) is 1. The average Bonchev–Trinajstić information content (AvgIpc) is 2.96. The van der Waals surface area contributed by atoms with Gasteiger partial charge in [-0.1, -0.05) is 25.5 Å². The molecule has 1 aromatic heterocycles. The van der Waals surface area contributed by atoms with Gasteiger partial charge in [-0.2, -0.15) is 5.10 Å². The van der Waals surface area contributed by atoms with E-state index in [1.54, 1.807) is 6.20 Å². The number of carbonyl (C=O) groups is 1. The molecule has 1 amide bonds. The molecular weight excluding hydrogens is 276 g/mol. The quantitative estimate of drug-likeness (QED) is 0.890. The molecule has 22 heavy (non-hydrogen) atoms. The maximum absolute atomic E-state index is 12.3. The molecule has 2 N–H and O–H groups in total. The Labute approximate surface area is 130 Å². The number of anilines is 2. The monoisotopic (exact) mass is 298 g/mol. The number of aromatic nitrogens is 2. The number of hydrogen-bond acceptors (Lipinski definition) is 3. The summed E-state index contributed by atoms with van der Waals surface area (Å²) in [5.41, 5.74) is 2.71. The number of fused-ring (bicyclic) bond motifs is 1. The van der Waals surface area contributed by atoms with Crippen molar-refractivity contribution in [3.05, 3.63) is 41.6 Å². The van der Waals surface area contributed by atoms with Gasteiger partial charge in [-0.25, -0.2) is 4.68 Å². The Morgan fingerprint density at radius 2 is 2.18 bits per heavy atom. The smallest absolute Gasteiger partial charge is 0.255 e. The number of benzene rings is 1. The van der Waals surface area contributed by atoms with Crippen LogP contribution in [0.2, 0.25) is 0 Å². The van der Waals surface area contributed by atoms with Crippen LogP contribution in [0.25, 0.3) is 0 Å². The fourth-order valence-electron chi connectivity index (χ4n) is 2.67. The van der Waals surface area contributed by atoms with Crippen LogP contribution in [-0.2, 0) is 13.0 Å². The average molecular weight is 298 g/mol. The summed E-state index contributed by atoms with van der Waals surface area (Å²) < 4.78 is 1.90. The van der Waals surface area contributed by atoms with Crippen molar-refractivity contribution in [2.24, 2.45) is 0 Å². The predicted octanol–water partition coefficient (Wildman–Crippen LogP) is 3.29. The lowest BCUT2D eigenvalue weighted by Gasteiger charge is -2.17. The third-order valence-electron chi connectivity index (χ3n) is 3.96. The van der Waals surface area contributed by atoms with Gasteiger partial charge in [-0.15, -0.1) is 0 Å². The van der Waals surface area contributed by atoms with Crippen LogP contribution in [0.5, 0.6) is 0 Å². The van der Waals surface area contributed by atoms with E-state index in [1.165, 1.54) is 18.4 Å². The van der Waals surface area contributed by atoms with Gasteiger partial charge in [-0.05, 0) is 37.0 Å². The minimum absolute atomic E-state index is 0.0924. The molecule has 1 aromatic carbocycles. The fraction of sp³-hybridized carbons (Fsp3) is 0.412. The molecule has 3 rings (SSSR count). The van der Waals surface area contributed by atoms with Gasteiger partial charge in [0.05, 0.1) is 6.20 Å². The van der Waals surface area contributed by atoms with Crippen LogP contribution in [0.15, 0.2) is 30.5 Å². The van der Waals surface area contributed by atoms with Crippen LogP contribution in [0.3, 0.4) is 0 Å². The van der Waals surface area contributed by atoms with Crippen LogP contribution >= 0.6 is 0 Å². The second-order valence-corrected chi connectivity index (χ2v) is 5.66. The van der Waals surface area contributed by atoms with Gasteiger partial charge in [-0.3, -0.25) is 4.79 Å². The van der Waals surface area contributed by atoms with Crippen molar-refractivity contribution in [3.63, 3.8) is 0 Å². The van der Waals surface area contributed by atoms with E-state index < -0.39 is 0 Å². The first-order valence-corrected chi connectivity index (χ1v) is 7.98. The van der Waals surface area contributed by atoms with Gasteiger partial charge in [0.1, 0.15) is 11.5 Å². The highest BCUT2D eigenvalue weighted by Crippen LogP contribution is 2.24. The highest BCUT2D eigenvalue weighted by molar-refractivity contribution is 6.05. The summed E-state index contributed by atoms with van der Waals surface area (Å²) in [5, 5.41) is 10.5. The third-order valence-corrected chi connectivity index (χ3v) is 3.96. The number of hydrogen-bond donors (Lipinski definition) is 2. The molecule has 0 saturated carbocycles. The van der Waals surface area contributed by atoms with Crippen molar-refractivity contribution in [1.82, 2.24) is 9.78 Å². The Balaban J connectivity index is 1.68. The Hall–Kier alpha value is -2.30. The summed E-state index contributed by atoms with van der Waals surface area (Å²) in [6.45, 7) is 3.99. The van der Waals surface area contributed by atoms with Crippen molar-refractivity contribution in [1.29, 1.82) is 0 Å². The summed E-state index contributed by atoms with van der Waals surface area (Å²) in [5.74, 6) is 0.810. The minimum atomic E-state index is -0.0924. The normalized spacial score (nSPS) is 13.3. The Bertz CT molecular complexity index is 645. The molecule has 0 bridgehead atoms. The van der Waals surface area contributed by atoms with E-state index in [2.05, 4.69) is 22.7 Å². The molecule has 1 aliphatic heterocycles. The second kappa shape index (κ2) is 6.64. The first-order valence-electron chi connectivity index (χ1n) is 7.98. The molecule has 5 nitrogen and oxygen atoms in total. The number of rotatable bonds is 5. The van der Waals surface area contributed by atoms with E-state index in [0.29, 0.717) is 5.56 Å². The van der Waals surface area contributed by atoms with Crippen molar-refractivity contribution >= 4 is 17.4 Å². The summed E-state index contributed by atoms with van der Waals surface area (Å²) in [4.78, 5) is 12.3. The van der Waals surface area contributed by atoms with Crippen molar-refractivity contribution in [3.8, 4) is 0 Å². The standard InChI is InChI=1S/C17H22N4O/c1-2-3-5-13-6-8-14(9-7-13)17(22)20-15-12-19-21-11-4-10-18-16(15)21/h6-9,12,18H,2-5,10-11H2,1H3,(H,20,22). The lowest BCUT2D eigenvalue weighted by Crippen LogP contribution is -2.19. The molecule has 0 fully saturated rings. The first-order chi connectivity index (χ1) is 10.8. The topological polar surface area (TPSA) is 59.0 Å². The van der Waals surface area contributed by atoms with Crippen LogP contribution < -0.4 is 10.6 Å². The lowest BCUT2D eigenvalue weighted by molar-refractivity contribution is 0.102. The van der Waals surface area contributed by atoms with Gasteiger partial charge in [0.25, 0.3) is 5.91 Å². The van der Waals surface area contributed by atoms with Gasteiger partial charge in [0.2, 0.25) is 0 Å². The Morgan fingerprint density at radius 1 is 1.36 bits per heavy atom. The molecule has 2 heterocycles. The minimum Gasteiger partial charge on any atom is -0.368 e. The summed E-state index contributed by atoms with van der Waals surface area (Å²) >= 11 is 0. The number of aryl methyl sites for hydroxylation is 2. The highest BCUT2D eigenvalue weighted by Gasteiger charge is 2.16. The molecule has 2 aromatic rings. The Morgan fingerprint density at radius 3 is 2.95 bits per heavy atom. The maximum Gasteiger partial charge on any atom is 0.255 e. The largest absolute Gasteiger partial charge is 0.368 e. The van der Waals surface area contributed by atoms with Gasteiger partial charge in [0.15, 0.2) is 0 Å². The fourth-order valence-corrected chi connectivity index (χ4v) is 2.67. The molecule has 1 aliphatic rings. The molecule has 0 atom stereocenters. The van der Waals surface area contributed by atoms with Crippen molar-refractivity contribution < 1.29 is 4.79 Å². The van der Waals surface area contributed by atoms with Crippen LogP contribution in [0.1, 0.15) is 42.1 Å². The molecule has 0 aliphatic carbocycles. The predicted molar refractivity (Wildman–Crippen MR) is 88.3 cm³/mol. The molecule has 116 valence electrons. The number of carbonyl (C=O) groups excluding carboxylic acids is 1. The van der Waals surface area contributed by atoms with Crippen LogP contribution in [-0.4, -0.2) is 22.2 Å². The molecule has 0 radical (unpaired) electrons. The number of nitrogens with one attached hydrogen (secondary N) is 2. The van der Waals surface area contributed by atoms with Crippen LogP contribution in [0, 0.1) is 0 Å². The zero-order valence-corrected chi connectivity index (χ0v) is 12.9. The SMILES string of the molecule is CCCCc1ccc(C(=O)Nc2cnn3c2NCCC3)cc1. The summed E-state index contributed by atoms with van der Waals surface area (Å²) in [7, 11) is 0. The zero-order valence-electron chi connectivity index (χ0n) is 12.9. The van der Waals surface area contributed by atoms with Crippen molar-refractivity contribution in [2.75, 3.05) is 17.2 Å². The van der Waals surface area contributed by atoms with Crippen molar-refractivity contribution in [2.45, 2.75) is 39.2 Å². The second-order valence-electron chi connectivity index (χ2n) is 5.66. The summed E-state index contributed by atoms with van der Waals surface area (Å²) in [6, 6.07) is 7.86. The summed E-state index contributed by atoms with van der Waals surface area (Å²) in [6.07, 6.45) is 6.20. The van der Waals surface area contributed by atoms with E-state index in [4.69, 9.17) is 0 Å². The van der Waals surface area contributed by atoms with E-state index in [1.807, 2.05) is 28.9 Å². The molecule has 0 unspecified atom stereocenters. The highest BCUT2D eigenvalue weighted by atomic mass is 16.1. The van der Waals surface area contributed by atoms with Crippen LogP contribution in [0.4, 0.5) is 11.5 Å². The third kappa shape index (κ3) is 3.13. The maximum atomic E-state index is 12.3. The molecular formula is C17H22N4O.